The van der Waals surface area contributed by atoms with Gasteiger partial charge in [-0.25, -0.2) is 17.5 Å². The number of halogens is 1. The summed E-state index contributed by atoms with van der Waals surface area (Å²) in [5, 5.41) is 3.86. The predicted octanol–water partition coefficient (Wildman–Crippen LogP) is 4.03. The molecule has 158 valence electrons. The van der Waals surface area contributed by atoms with Crippen LogP contribution in [0.25, 0.3) is 22.8 Å². The number of hydrogen-bond acceptors (Lipinski definition) is 6. The minimum absolute atomic E-state index is 0.00189. The van der Waals surface area contributed by atoms with E-state index in [4.69, 9.17) is 9.26 Å². The number of rotatable bonds is 7. The number of methoxy groups -OCH3 is 1. The van der Waals surface area contributed by atoms with Crippen LogP contribution in [0.1, 0.15) is 5.56 Å². The average Bonchev–Trinajstić information content (AvgIpc) is 3.28. The molecular weight excluding hydrogens is 421 g/mol. The van der Waals surface area contributed by atoms with Crippen LogP contribution in [-0.4, -0.2) is 25.7 Å². The maximum absolute atomic E-state index is 13.5. The van der Waals surface area contributed by atoms with E-state index >= 15 is 0 Å². The number of hydrogen-bond donors (Lipinski definition) is 1. The van der Waals surface area contributed by atoms with Gasteiger partial charge in [-0.1, -0.05) is 41.6 Å². The van der Waals surface area contributed by atoms with E-state index in [1.54, 1.807) is 55.6 Å². The zero-order valence-corrected chi connectivity index (χ0v) is 17.3. The van der Waals surface area contributed by atoms with Crippen LogP contribution in [0.2, 0.25) is 0 Å². The lowest BCUT2D eigenvalue weighted by atomic mass is 10.2. The molecule has 0 amide bonds. The van der Waals surface area contributed by atoms with Gasteiger partial charge in [0.2, 0.25) is 15.8 Å². The van der Waals surface area contributed by atoms with E-state index < -0.39 is 15.8 Å². The lowest BCUT2D eigenvalue weighted by molar-refractivity contribution is 0.414. The summed E-state index contributed by atoms with van der Waals surface area (Å²) in [7, 11) is -2.32. The molecule has 0 unspecified atom stereocenters. The highest BCUT2D eigenvalue weighted by atomic mass is 32.2. The SMILES string of the molecule is COc1ccc(CNS(=O)(=O)c2ccccc2-c2nc(-c3cccc(F)c3)no2)cc1. The largest absolute Gasteiger partial charge is 0.497 e. The van der Waals surface area contributed by atoms with Crippen LogP contribution in [0.15, 0.2) is 82.2 Å². The molecule has 31 heavy (non-hydrogen) atoms. The predicted molar refractivity (Wildman–Crippen MR) is 112 cm³/mol. The third-order valence-corrected chi connectivity index (χ3v) is 6.00. The summed E-state index contributed by atoms with van der Waals surface area (Å²) in [6.45, 7) is 0.0963. The van der Waals surface area contributed by atoms with Crippen molar-refractivity contribution in [1.29, 1.82) is 0 Å². The molecule has 3 aromatic carbocycles. The van der Waals surface area contributed by atoms with Crippen LogP contribution in [0.5, 0.6) is 5.75 Å². The normalized spacial score (nSPS) is 11.4. The minimum atomic E-state index is -3.88. The molecule has 0 bridgehead atoms. The number of nitrogens with one attached hydrogen (secondary N) is 1. The summed E-state index contributed by atoms with van der Waals surface area (Å²) >= 11 is 0. The fourth-order valence-electron chi connectivity index (χ4n) is 2.95. The summed E-state index contributed by atoms with van der Waals surface area (Å²) in [6, 6.07) is 19.1. The Hall–Kier alpha value is -3.56. The molecule has 0 saturated carbocycles. The molecule has 0 saturated heterocycles. The van der Waals surface area contributed by atoms with Gasteiger partial charge in [0.1, 0.15) is 11.6 Å². The van der Waals surface area contributed by atoms with Crippen molar-refractivity contribution in [3.8, 4) is 28.6 Å². The number of aromatic nitrogens is 2. The molecule has 1 heterocycles. The molecular formula is C22H18FN3O4S. The Kier molecular flexibility index (Phi) is 5.79. The zero-order chi connectivity index (χ0) is 21.8. The van der Waals surface area contributed by atoms with Crippen molar-refractivity contribution in [1.82, 2.24) is 14.9 Å². The standard InChI is InChI=1S/C22H18FN3O4S/c1-29-18-11-9-15(10-12-18)14-24-31(27,28)20-8-3-2-7-19(20)22-25-21(26-30-22)16-5-4-6-17(23)13-16/h2-13,24H,14H2,1H3. The van der Waals surface area contributed by atoms with Gasteiger partial charge in [-0.05, 0) is 42.0 Å². The van der Waals surface area contributed by atoms with Gasteiger partial charge in [-0.2, -0.15) is 4.98 Å². The van der Waals surface area contributed by atoms with Gasteiger partial charge in [0.25, 0.3) is 5.89 Å². The third kappa shape index (κ3) is 4.62. The number of sulfonamides is 1. The van der Waals surface area contributed by atoms with Gasteiger partial charge < -0.3 is 9.26 Å². The van der Waals surface area contributed by atoms with E-state index in [0.29, 0.717) is 11.3 Å². The van der Waals surface area contributed by atoms with Crippen LogP contribution in [0.3, 0.4) is 0 Å². The highest BCUT2D eigenvalue weighted by Crippen LogP contribution is 2.28. The fourth-order valence-corrected chi connectivity index (χ4v) is 4.17. The lowest BCUT2D eigenvalue weighted by Crippen LogP contribution is -2.23. The van der Waals surface area contributed by atoms with E-state index in [1.807, 2.05) is 0 Å². The molecule has 0 aliphatic carbocycles. The summed E-state index contributed by atoms with van der Waals surface area (Å²) in [5.74, 6) is 0.426. The Morgan fingerprint density at radius 3 is 2.55 bits per heavy atom. The maximum Gasteiger partial charge on any atom is 0.259 e. The molecule has 1 N–H and O–H groups in total. The molecule has 0 aliphatic heterocycles. The summed E-state index contributed by atoms with van der Waals surface area (Å²) in [6.07, 6.45) is 0. The number of ether oxygens (including phenoxy) is 1. The van der Waals surface area contributed by atoms with Crippen LogP contribution in [0, 0.1) is 5.82 Å². The van der Waals surface area contributed by atoms with E-state index in [2.05, 4.69) is 14.9 Å². The maximum atomic E-state index is 13.5. The third-order valence-electron chi connectivity index (χ3n) is 4.54. The van der Waals surface area contributed by atoms with Crippen molar-refractivity contribution in [3.63, 3.8) is 0 Å². The Bertz CT molecular complexity index is 1300. The van der Waals surface area contributed by atoms with E-state index in [0.717, 1.165) is 5.56 Å². The van der Waals surface area contributed by atoms with Crippen molar-refractivity contribution >= 4 is 10.0 Å². The van der Waals surface area contributed by atoms with E-state index in [-0.39, 0.29) is 28.7 Å². The highest BCUT2D eigenvalue weighted by Gasteiger charge is 2.22. The molecule has 7 nitrogen and oxygen atoms in total. The zero-order valence-electron chi connectivity index (χ0n) is 16.4. The quantitative estimate of drug-likeness (QED) is 0.467. The van der Waals surface area contributed by atoms with Gasteiger partial charge >= 0.3 is 0 Å². The van der Waals surface area contributed by atoms with Gasteiger partial charge in [0.15, 0.2) is 0 Å². The van der Waals surface area contributed by atoms with Crippen molar-refractivity contribution in [2.45, 2.75) is 11.4 Å². The average molecular weight is 439 g/mol. The first-order chi connectivity index (χ1) is 15.0. The molecule has 0 spiro atoms. The number of nitrogens with zero attached hydrogens (tertiary/aromatic N) is 2. The fraction of sp³-hybridized carbons (Fsp3) is 0.0909. The van der Waals surface area contributed by atoms with Crippen molar-refractivity contribution in [3.05, 3.63) is 84.2 Å². The first kappa shape index (κ1) is 20.7. The van der Waals surface area contributed by atoms with Crippen LogP contribution in [0.4, 0.5) is 4.39 Å². The summed E-state index contributed by atoms with van der Waals surface area (Å²) in [4.78, 5) is 4.25. The van der Waals surface area contributed by atoms with Crippen LogP contribution in [-0.2, 0) is 16.6 Å². The van der Waals surface area contributed by atoms with Crippen molar-refractivity contribution < 1.29 is 22.1 Å². The second kappa shape index (κ2) is 8.66. The minimum Gasteiger partial charge on any atom is -0.497 e. The van der Waals surface area contributed by atoms with Crippen LogP contribution < -0.4 is 9.46 Å². The molecule has 0 radical (unpaired) electrons. The Balaban J connectivity index is 1.60. The second-order valence-electron chi connectivity index (χ2n) is 6.60. The lowest BCUT2D eigenvalue weighted by Gasteiger charge is -2.10. The molecule has 0 atom stereocenters. The number of benzene rings is 3. The molecule has 0 aliphatic rings. The van der Waals surface area contributed by atoms with E-state index in [9.17, 15) is 12.8 Å². The van der Waals surface area contributed by atoms with Gasteiger partial charge in [-0.3, -0.25) is 0 Å². The highest BCUT2D eigenvalue weighted by molar-refractivity contribution is 7.89. The molecule has 4 rings (SSSR count). The smallest absolute Gasteiger partial charge is 0.259 e. The Morgan fingerprint density at radius 2 is 1.81 bits per heavy atom. The molecule has 9 heteroatoms. The Morgan fingerprint density at radius 1 is 1.03 bits per heavy atom. The molecule has 1 aromatic heterocycles. The van der Waals surface area contributed by atoms with Crippen molar-refractivity contribution in [2.75, 3.05) is 7.11 Å². The second-order valence-corrected chi connectivity index (χ2v) is 8.34. The van der Waals surface area contributed by atoms with E-state index in [1.165, 1.54) is 24.3 Å². The van der Waals surface area contributed by atoms with Crippen LogP contribution >= 0.6 is 0 Å². The van der Waals surface area contributed by atoms with Crippen molar-refractivity contribution in [2.24, 2.45) is 0 Å². The molecule has 4 aromatic rings. The first-order valence-electron chi connectivity index (χ1n) is 9.28. The Labute approximate surface area is 178 Å². The van der Waals surface area contributed by atoms with Gasteiger partial charge in [-0.15, -0.1) is 0 Å². The first-order valence-corrected chi connectivity index (χ1v) is 10.8. The summed E-state index contributed by atoms with van der Waals surface area (Å²) in [5.41, 5.74) is 1.45. The monoisotopic (exact) mass is 439 g/mol. The summed E-state index contributed by atoms with van der Waals surface area (Å²) < 4.78 is 52.4. The van der Waals surface area contributed by atoms with Gasteiger partial charge in [0.05, 0.1) is 17.6 Å². The molecule has 0 fully saturated rings. The van der Waals surface area contributed by atoms with Gasteiger partial charge in [0, 0.05) is 12.1 Å². The topological polar surface area (TPSA) is 94.3 Å².